The summed E-state index contributed by atoms with van der Waals surface area (Å²) in [5.41, 5.74) is 1.05. The van der Waals surface area contributed by atoms with E-state index in [4.69, 9.17) is 4.74 Å². The molecular formula is C15H25NO2. The van der Waals surface area contributed by atoms with Crippen LogP contribution in [0.2, 0.25) is 0 Å². The third-order valence-electron chi connectivity index (χ3n) is 4.08. The highest BCUT2D eigenvalue weighted by molar-refractivity contribution is 5.96. The molecule has 3 nitrogen and oxygen atoms in total. The number of hydrogen-bond acceptors (Lipinski definition) is 3. The Morgan fingerprint density at radius 1 is 1.33 bits per heavy atom. The highest BCUT2D eigenvalue weighted by Gasteiger charge is 2.23. The van der Waals surface area contributed by atoms with Gasteiger partial charge in [0.15, 0.2) is 5.78 Å². The van der Waals surface area contributed by atoms with Gasteiger partial charge >= 0.3 is 0 Å². The van der Waals surface area contributed by atoms with Gasteiger partial charge in [-0.15, -0.1) is 0 Å². The first-order chi connectivity index (χ1) is 8.69. The van der Waals surface area contributed by atoms with Crippen molar-refractivity contribution >= 4 is 5.78 Å². The average molecular weight is 251 g/mol. The molecule has 0 aromatic heterocycles. The van der Waals surface area contributed by atoms with Crippen LogP contribution in [0.5, 0.6) is 0 Å². The molecule has 2 fully saturated rings. The van der Waals surface area contributed by atoms with Crippen LogP contribution in [0.15, 0.2) is 11.6 Å². The van der Waals surface area contributed by atoms with Gasteiger partial charge in [0.2, 0.25) is 0 Å². The van der Waals surface area contributed by atoms with E-state index in [-0.39, 0.29) is 0 Å². The van der Waals surface area contributed by atoms with Crippen LogP contribution in [0, 0.1) is 5.92 Å². The van der Waals surface area contributed by atoms with E-state index in [1.54, 1.807) is 0 Å². The lowest BCUT2D eigenvalue weighted by Gasteiger charge is -2.29. The molecule has 2 rings (SSSR count). The number of ether oxygens (including phenoxy) is 1. The Kier molecular flexibility index (Phi) is 4.95. The minimum absolute atomic E-state index is 0.361. The molecule has 0 N–H and O–H groups in total. The molecule has 0 unspecified atom stereocenters. The number of hydrogen-bond donors (Lipinski definition) is 0. The Balaban J connectivity index is 1.87. The van der Waals surface area contributed by atoms with Crippen molar-refractivity contribution in [2.24, 2.45) is 5.92 Å². The van der Waals surface area contributed by atoms with E-state index < -0.39 is 0 Å². The zero-order valence-electron chi connectivity index (χ0n) is 11.7. The van der Waals surface area contributed by atoms with Gasteiger partial charge in [-0.25, -0.2) is 0 Å². The Hall–Kier alpha value is -0.670. The number of likely N-dealkylation sites (N-methyl/N-ethyl adjacent to an activating group) is 1. The summed E-state index contributed by atoms with van der Waals surface area (Å²) in [5, 5.41) is 0. The summed E-state index contributed by atoms with van der Waals surface area (Å²) >= 11 is 0. The standard InChI is InChI=1S/C15H25NO2/c1-3-18-14-6-4-12(5-7-14)10-13-11-16(2)9-8-15(13)17/h10,12,14H,3-9,11H2,1-2H3/b13-10+/t12-,14+. The third kappa shape index (κ3) is 3.66. The van der Waals surface area contributed by atoms with Gasteiger partial charge in [0.25, 0.3) is 0 Å². The average Bonchev–Trinajstić information content (AvgIpc) is 2.37. The van der Waals surface area contributed by atoms with Crippen LogP contribution < -0.4 is 0 Å². The van der Waals surface area contributed by atoms with Gasteiger partial charge in [0.05, 0.1) is 6.10 Å². The minimum Gasteiger partial charge on any atom is -0.379 e. The summed E-state index contributed by atoms with van der Waals surface area (Å²) < 4.78 is 5.66. The van der Waals surface area contributed by atoms with E-state index in [2.05, 4.69) is 24.9 Å². The van der Waals surface area contributed by atoms with Gasteiger partial charge < -0.3 is 9.64 Å². The van der Waals surface area contributed by atoms with Gasteiger partial charge in [-0.05, 0) is 45.6 Å². The molecule has 0 bridgehead atoms. The number of rotatable bonds is 3. The Morgan fingerprint density at radius 2 is 2.06 bits per heavy atom. The van der Waals surface area contributed by atoms with E-state index in [0.717, 1.165) is 38.1 Å². The molecule has 1 saturated carbocycles. The molecule has 0 radical (unpaired) electrons. The monoisotopic (exact) mass is 251 g/mol. The molecular weight excluding hydrogens is 226 g/mol. The first-order valence-corrected chi connectivity index (χ1v) is 7.23. The molecule has 1 heterocycles. The predicted octanol–water partition coefficient (Wildman–Crippen LogP) is 2.41. The molecule has 0 atom stereocenters. The molecule has 0 amide bonds. The second-order valence-corrected chi connectivity index (χ2v) is 5.59. The van der Waals surface area contributed by atoms with Crippen LogP contribution in [0.1, 0.15) is 39.0 Å². The molecule has 102 valence electrons. The van der Waals surface area contributed by atoms with Gasteiger partial charge in [0.1, 0.15) is 0 Å². The number of Topliss-reactive ketones (excluding diaryl/α,β-unsaturated/α-hetero) is 1. The fraction of sp³-hybridized carbons (Fsp3) is 0.800. The maximum Gasteiger partial charge on any atom is 0.161 e. The fourth-order valence-corrected chi connectivity index (χ4v) is 3.00. The van der Waals surface area contributed by atoms with E-state index >= 15 is 0 Å². The number of carbonyl (C=O) groups excluding carboxylic acids is 1. The highest BCUT2D eigenvalue weighted by atomic mass is 16.5. The largest absolute Gasteiger partial charge is 0.379 e. The maximum atomic E-state index is 11.9. The van der Waals surface area contributed by atoms with Crippen LogP contribution in [-0.2, 0) is 9.53 Å². The first-order valence-electron chi connectivity index (χ1n) is 7.23. The molecule has 18 heavy (non-hydrogen) atoms. The van der Waals surface area contributed by atoms with Crippen molar-refractivity contribution < 1.29 is 9.53 Å². The molecule has 3 heteroatoms. The van der Waals surface area contributed by atoms with Crippen molar-refractivity contribution in [3.05, 3.63) is 11.6 Å². The Morgan fingerprint density at radius 3 is 2.72 bits per heavy atom. The lowest BCUT2D eigenvalue weighted by atomic mass is 9.85. The molecule has 1 saturated heterocycles. The maximum absolute atomic E-state index is 11.9. The molecule has 2 aliphatic rings. The smallest absolute Gasteiger partial charge is 0.161 e. The zero-order valence-corrected chi connectivity index (χ0v) is 11.7. The van der Waals surface area contributed by atoms with E-state index in [1.807, 2.05) is 0 Å². The summed E-state index contributed by atoms with van der Waals surface area (Å²) in [5.74, 6) is 0.951. The predicted molar refractivity (Wildman–Crippen MR) is 72.6 cm³/mol. The number of nitrogens with zero attached hydrogens (tertiary/aromatic N) is 1. The molecule has 0 aromatic carbocycles. The number of carbonyl (C=O) groups is 1. The van der Waals surface area contributed by atoms with Crippen LogP contribution in [0.3, 0.4) is 0 Å². The van der Waals surface area contributed by atoms with Gasteiger partial charge in [-0.2, -0.15) is 0 Å². The number of ketones is 1. The van der Waals surface area contributed by atoms with Gasteiger partial charge in [0, 0.05) is 31.7 Å². The zero-order chi connectivity index (χ0) is 13.0. The normalized spacial score (nSPS) is 33.0. The number of piperidine rings is 1. The van der Waals surface area contributed by atoms with Crippen molar-refractivity contribution in [2.75, 3.05) is 26.7 Å². The van der Waals surface area contributed by atoms with E-state index in [1.165, 1.54) is 12.8 Å². The van der Waals surface area contributed by atoms with E-state index in [0.29, 0.717) is 24.2 Å². The summed E-state index contributed by atoms with van der Waals surface area (Å²) in [7, 11) is 2.09. The third-order valence-corrected chi connectivity index (χ3v) is 4.08. The van der Waals surface area contributed by atoms with Crippen LogP contribution in [0.25, 0.3) is 0 Å². The number of allylic oxidation sites excluding steroid dienone is 1. The number of likely N-dealkylation sites (tertiary alicyclic amines) is 1. The molecule has 1 aliphatic heterocycles. The SMILES string of the molecule is CCO[C@H]1CC[C@@H](/C=C2\CN(C)CCC2=O)CC1. The second-order valence-electron chi connectivity index (χ2n) is 5.59. The Bertz CT molecular complexity index is 316. The minimum atomic E-state index is 0.361. The highest BCUT2D eigenvalue weighted by Crippen LogP contribution is 2.28. The topological polar surface area (TPSA) is 29.5 Å². The van der Waals surface area contributed by atoms with Gasteiger partial charge in [-0.3, -0.25) is 4.79 Å². The second kappa shape index (κ2) is 6.48. The summed E-state index contributed by atoms with van der Waals surface area (Å²) in [6, 6.07) is 0. The van der Waals surface area contributed by atoms with Crippen LogP contribution in [-0.4, -0.2) is 43.5 Å². The summed E-state index contributed by atoms with van der Waals surface area (Å²) in [6.45, 7) is 4.63. The van der Waals surface area contributed by atoms with Gasteiger partial charge in [-0.1, -0.05) is 6.08 Å². The van der Waals surface area contributed by atoms with Crippen molar-refractivity contribution in [3.8, 4) is 0 Å². The lowest BCUT2D eigenvalue weighted by molar-refractivity contribution is -0.117. The van der Waals surface area contributed by atoms with Crippen LogP contribution >= 0.6 is 0 Å². The van der Waals surface area contributed by atoms with Crippen molar-refractivity contribution in [1.29, 1.82) is 0 Å². The van der Waals surface area contributed by atoms with Crippen LogP contribution in [0.4, 0.5) is 0 Å². The quantitative estimate of drug-likeness (QED) is 0.721. The fourth-order valence-electron chi connectivity index (χ4n) is 3.00. The molecule has 0 spiro atoms. The van der Waals surface area contributed by atoms with Crippen molar-refractivity contribution in [3.63, 3.8) is 0 Å². The lowest BCUT2D eigenvalue weighted by Crippen LogP contribution is -2.33. The molecule has 0 aromatic rings. The summed E-state index contributed by atoms with van der Waals surface area (Å²) in [4.78, 5) is 14.1. The molecule has 1 aliphatic carbocycles. The van der Waals surface area contributed by atoms with Crippen molar-refractivity contribution in [1.82, 2.24) is 4.90 Å². The Labute approximate surface area is 110 Å². The van der Waals surface area contributed by atoms with E-state index in [9.17, 15) is 4.79 Å². The summed E-state index contributed by atoms with van der Waals surface area (Å²) in [6.07, 6.45) is 8.03. The first kappa shape index (κ1) is 13.8. The van der Waals surface area contributed by atoms with Crippen molar-refractivity contribution in [2.45, 2.75) is 45.1 Å².